The van der Waals surface area contributed by atoms with E-state index >= 15 is 0 Å². The van der Waals surface area contributed by atoms with Crippen LogP contribution in [0.25, 0.3) is 11.5 Å². The average molecular weight is 383 g/mol. The number of aromatic nitrogens is 2. The molecule has 2 amide bonds. The highest BCUT2D eigenvalue weighted by Gasteiger charge is 2.16. The van der Waals surface area contributed by atoms with E-state index in [0.717, 1.165) is 22.9 Å². The van der Waals surface area contributed by atoms with Crippen molar-refractivity contribution >= 4 is 23.6 Å². The number of nitrogens with zero attached hydrogens (tertiary/aromatic N) is 2. The lowest BCUT2D eigenvalue weighted by Gasteiger charge is -2.07. The molecule has 138 valence electrons. The van der Waals surface area contributed by atoms with Gasteiger partial charge >= 0.3 is 0 Å². The van der Waals surface area contributed by atoms with Crippen molar-refractivity contribution in [2.45, 2.75) is 12.1 Å². The van der Waals surface area contributed by atoms with Gasteiger partial charge in [-0.05, 0) is 31.2 Å². The fourth-order valence-corrected chi connectivity index (χ4v) is 2.83. The van der Waals surface area contributed by atoms with Crippen LogP contribution in [-0.2, 0) is 4.79 Å². The molecule has 0 spiro atoms. The van der Waals surface area contributed by atoms with Gasteiger partial charge in [0.15, 0.2) is 0 Å². The summed E-state index contributed by atoms with van der Waals surface area (Å²) in [7, 11) is 1.46. The summed E-state index contributed by atoms with van der Waals surface area (Å²) in [5.74, 6) is -0.246. The number of nitrogens with one attached hydrogen (secondary N) is 1. The third-order valence-electron chi connectivity index (χ3n) is 3.64. The zero-order chi connectivity index (χ0) is 19.2. The number of amides is 2. The number of hydrogen-bond acceptors (Lipinski definition) is 7. The smallest absolute Gasteiger partial charge is 0.277 e. The summed E-state index contributed by atoms with van der Waals surface area (Å²) in [5, 5.41) is 10.5. The zero-order valence-electron chi connectivity index (χ0n) is 14.8. The number of para-hydroxylation sites is 1. The Balaban J connectivity index is 1.56. The first-order valence-corrected chi connectivity index (χ1v) is 9.06. The number of ether oxygens (including phenoxy) is 1. The second kappa shape index (κ2) is 8.50. The van der Waals surface area contributed by atoms with Crippen LogP contribution in [0.15, 0.2) is 58.2 Å². The Bertz CT molecular complexity index is 954. The molecule has 7 nitrogen and oxygen atoms in total. The highest BCUT2D eigenvalue weighted by molar-refractivity contribution is 7.99. The molecule has 1 N–H and O–H groups in total. The lowest BCUT2D eigenvalue weighted by molar-refractivity contribution is -0.117. The van der Waals surface area contributed by atoms with E-state index in [9.17, 15) is 9.59 Å². The Morgan fingerprint density at radius 2 is 1.85 bits per heavy atom. The van der Waals surface area contributed by atoms with Crippen molar-refractivity contribution in [3.05, 3.63) is 59.7 Å². The highest BCUT2D eigenvalue weighted by Crippen LogP contribution is 2.23. The van der Waals surface area contributed by atoms with Crippen LogP contribution in [-0.4, -0.2) is 34.9 Å². The van der Waals surface area contributed by atoms with Crippen molar-refractivity contribution in [3.63, 3.8) is 0 Å². The van der Waals surface area contributed by atoms with Gasteiger partial charge in [-0.25, -0.2) is 0 Å². The number of imide groups is 1. The van der Waals surface area contributed by atoms with Crippen molar-refractivity contribution in [1.82, 2.24) is 15.5 Å². The SMILES string of the molecule is COc1ccccc1C(=O)NC(=O)CSc1nnc(-c2ccc(C)cc2)o1. The largest absolute Gasteiger partial charge is 0.496 e. The summed E-state index contributed by atoms with van der Waals surface area (Å²) in [5.41, 5.74) is 2.22. The lowest BCUT2D eigenvalue weighted by Crippen LogP contribution is -2.32. The summed E-state index contributed by atoms with van der Waals surface area (Å²) in [4.78, 5) is 24.2. The molecular formula is C19H17N3O4S. The van der Waals surface area contributed by atoms with Crippen LogP contribution in [0.1, 0.15) is 15.9 Å². The molecule has 0 unspecified atom stereocenters. The van der Waals surface area contributed by atoms with Crippen LogP contribution in [0.2, 0.25) is 0 Å². The molecule has 0 saturated heterocycles. The molecule has 1 aromatic heterocycles. The van der Waals surface area contributed by atoms with Crippen molar-refractivity contribution in [1.29, 1.82) is 0 Å². The van der Waals surface area contributed by atoms with Gasteiger partial charge in [0.1, 0.15) is 5.75 Å². The number of methoxy groups -OCH3 is 1. The quantitative estimate of drug-likeness (QED) is 0.654. The van der Waals surface area contributed by atoms with Crippen LogP contribution < -0.4 is 10.1 Å². The average Bonchev–Trinajstić information content (AvgIpc) is 3.16. The lowest BCUT2D eigenvalue weighted by atomic mass is 10.1. The zero-order valence-corrected chi connectivity index (χ0v) is 15.6. The Morgan fingerprint density at radius 3 is 2.59 bits per heavy atom. The third kappa shape index (κ3) is 4.73. The first kappa shape index (κ1) is 18.7. The van der Waals surface area contributed by atoms with E-state index in [4.69, 9.17) is 9.15 Å². The van der Waals surface area contributed by atoms with Crippen LogP contribution in [0.4, 0.5) is 0 Å². The van der Waals surface area contributed by atoms with Gasteiger partial charge in [-0.3, -0.25) is 14.9 Å². The minimum Gasteiger partial charge on any atom is -0.496 e. The van der Waals surface area contributed by atoms with Crippen LogP contribution in [0, 0.1) is 6.92 Å². The van der Waals surface area contributed by atoms with Gasteiger partial charge in [-0.15, -0.1) is 10.2 Å². The topological polar surface area (TPSA) is 94.3 Å². The van der Waals surface area contributed by atoms with Crippen LogP contribution >= 0.6 is 11.8 Å². The molecule has 27 heavy (non-hydrogen) atoms. The van der Waals surface area contributed by atoms with Gasteiger partial charge in [-0.1, -0.05) is 41.6 Å². The minimum absolute atomic E-state index is 0.0313. The van der Waals surface area contributed by atoms with Crippen molar-refractivity contribution < 1.29 is 18.7 Å². The minimum atomic E-state index is -0.524. The van der Waals surface area contributed by atoms with E-state index in [-0.39, 0.29) is 16.5 Å². The number of carbonyl (C=O) groups is 2. The molecule has 1 heterocycles. The Labute approximate surface area is 160 Å². The van der Waals surface area contributed by atoms with Crippen molar-refractivity contribution in [2.24, 2.45) is 0 Å². The van der Waals surface area contributed by atoms with Gasteiger partial charge in [0.2, 0.25) is 11.8 Å². The van der Waals surface area contributed by atoms with E-state index in [2.05, 4.69) is 15.5 Å². The molecule has 8 heteroatoms. The molecule has 0 fully saturated rings. The monoisotopic (exact) mass is 383 g/mol. The van der Waals surface area contributed by atoms with Crippen LogP contribution in [0.5, 0.6) is 5.75 Å². The fourth-order valence-electron chi connectivity index (χ4n) is 2.27. The number of hydrogen-bond donors (Lipinski definition) is 1. The van der Waals surface area contributed by atoms with E-state index in [1.54, 1.807) is 24.3 Å². The summed E-state index contributed by atoms with van der Waals surface area (Å²) < 4.78 is 10.7. The number of carbonyl (C=O) groups excluding carboxylic acids is 2. The number of rotatable bonds is 6. The van der Waals surface area contributed by atoms with Crippen LogP contribution in [0.3, 0.4) is 0 Å². The predicted molar refractivity (Wildman–Crippen MR) is 101 cm³/mol. The van der Waals surface area contributed by atoms with Gasteiger partial charge in [-0.2, -0.15) is 0 Å². The molecular weight excluding hydrogens is 366 g/mol. The maximum atomic E-state index is 12.2. The van der Waals surface area contributed by atoms with Gasteiger partial charge in [0, 0.05) is 5.56 Å². The summed E-state index contributed by atoms with van der Waals surface area (Å²) in [6.45, 7) is 1.99. The molecule has 0 atom stereocenters. The number of thioether (sulfide) groups is 1. The van der Waals surface area contributed by atoms with Gasteiger partial charge < -0.3 is 9.15 Å². The standard InChI is InChI=1S/C19H17N3O4S/c1-12-7-9-13(10-8-12)18-21-22-19(26-18)27-11-16(23)20-17(24)14-5-3-4-6-15(14)25-2/h3-10H,11H2,1-2H3,(H,20,23,24). The molecule has 0 aliphatic rings. The first-order valence-electron chi connectivity index (χ1n) is 8.07. The van der Waals surface area contributed by atoms with E-state index in [1.165, 1.54) is 7.11 Å². The highest BCUT2D eigenvalue weighted by atomic mass is 32.2. The van der Waals surface area contributed by atoms with E-state index in [1.807, 2.05) is 31.2 Å². The van der Waals surface area contributed by atoms with E-state index < -0.39 is 11.8 Å². The van der Waals surface area contributed by atoms with E-state index in [0.29, 0.717) is 11.6 Å². The molecule has 0 aliphatic carbocycles. The molecule has 3 aromatic rings. The summed E-state index contributed by atoms with van der Waals surface area (Å²) >= 11 is 1.06. The van der Waals surface area contributed by atoms with Crippen molar-refractivity contribution in [3.8, 4) is 17.2 Å². The Kier molecular flexibility index (Phi) is 5.87. The maximum Gasteiger partial charge on any atom is 0.277 e. The molecule has 2 aromatic carbocycles. The second-order valence-corrected chi connectivity index (χ2v) is 6.53. The fraction of sp³-hybridized carbons (Fsp3) is 0.158. The first-order chi connectivity index (χ1) is 13.1. The molecule has 0 radical (unpaired) electrons. The molecule has 0 saturated carbocycles. The molecule has 0 bridgehead atoms. The van der Waals surface area contributed by atoms with Crippen molar-refractivity contribution in [2.75, 3.05) is 12.9 Å². The molecule has 0 aliphatic heterocycles. The van der Waals surface area contributed by atoms with Gasteiger partial charge in [0.05, 0.1) is 18.4 Å². The Morgan fingerprint density at radius 1 is 1.11 bits per heavy atom. The normalized spacial score (nSPS) is 10.4. The predicted octanol–water partition coefficient (Wildman–Crippen LogP) is 3.10. The summed E-state index contributed by atoms with van der Waals surface area (Å²) in [6.07, 6.45) is 0. The summed E-state index contributed by atoms with van der Waals surface area (Å²) in [6, 6.07) is 14.3. The second-order valence-electron chi connectivity index (χ2n) is 5.61. The number of aryl methyl sites for hydroxylation is 1. The third-order valence-corrected chi connectivity index (χ3v) is 4.45. The Hall–Kier alpha value is -3.13. The maximum absolute atomic E-state index is 12.2. The molecule has 3 rings (SSSR count). The van der Waals surface area contributed by atoms with Gasteiger partial charge in [0.25, 0.3) is 11.1 Å². The number of benzene rings is 2.